The van der Waals surface area contributed by atoms with Crippen molar-refractivity contribution in [3.8, 4) is 11.3 Å². The Bertz CT molecular complexity index is 1190. The van der Waals surface area contributed by atoms with E-state index in [2.05, 4.69) is 22.4 Å². The zero-order valence-electron chi connectivity index (χ0n) is 17.0. The van der Waals surface area contributed by atoms with Crippen molar-refractivity contribution in [3.05, 3.63) is 78.8 Å². The summed E-state index contributed by atoms with van der Waals surface area (Å²) >= 11 is 0. The average molecular weight is 413 g/mol. The second-order valence-electron chi connectivity index (χ2n) is 7.94. The molecule has 1 atom stereocenters. The van der Waals surface area contributed by atoms with Gasteiger partial charge in [0.15, 0.2) is 0 Å². The molecule has 6 heteroatoms. The van der Waals surface area contributed by atoms with Gasteiger partial charge in [0.2, 0.25) is 5.91 Å². The number of H-pyrrole nitrogens is 1. The molecule has 156 valence electrons. The molecule has 2 amide bonds. The number of rotatable bonds is 4. The molecule has 6 nitrogen and oxygen atoms in total. The highest BCUT2D eigenvalue weighted by molar-refractivity contribution is 5.96. The highest BCUT2D eigenvalue weighted by atomic mass is 16.3. The van der Waals surface area contributed by atoms with Gasteiger partial charge in [-0.25, -0.2) is 0 Å². The van der Waals surface area contributed by atoms with Crippen molar-refractivity contribution >= 4 is 28.4 Å². The molecule has 5 rings (SSSR count). The molecular weight excluding hydrogens is 390 g/mol. The highest BCUT2D eigenvalue weighted by Crippen LogP contribution is 2.27. The number of hydrogen-bond donors (Lipinski definition) is 2. The highest BCUT2D eigenvalue weighted by Gasteiger charge is 2.29. The van der Waals surface area contributed by atoms with Gasteiger partial charge in [-0.05, 0) is 43.2 Å². The van der Waals surface area contributed by atoms with Crippen molar-refractivity contribution < 1.29 is 14.0 Å². The molecule has 1 fully saturated rings. The van der Waals surface area contributed by atoms with Crippen molar-refractivity contribution in [2.24, 2.45) is 5.92 Å². The van der Waals surface area contributed by atoms with Crippen LogP contribution in [-0.4, -0.2) is 34.8 Å². The van der Waals surface area contributed by atoms with Crippen LogP contribution in [0.5, 0.6) is 0 Å². The lowest BCUT2D eigenvalue weighted by molar-refractivity contribution is -0.121. The normalized spacial score (nSPS) is 16.4. The molecule has 2 N–H and O–H groups in total. The number of fused-ring (bicyclic) bond motifs is 1. The number of furan rings is 1. The van der Waals surface area contributed by atoms with Gasteiger partial charge in [0.25, 0.3) is 5.91 Å². The number of hydrogen-bond acceptors (Lipinski definition) is 3. The van der Waals surface area contributed by atoms with Crippen LogP contribution in [0.15, 0.2) is 77.6 Å². The summed E-state index contributed by atoms with van der Waals surface area (Å²) in [5, 5.41) is 4.19. The number of carbonyl (C=O) groups is 2. The smallest absolute Gasteiger partial charge is 0.257 e. The monoisotopic (exact) mass is 413 g/mol. The minimum Gasteiger partial charge on any atom is -0.472 e. The minimum absolute atomic E-state index is 0.0570. The predicted octanol–water partition coefficient (Wildman–Crippen LogP) is 4.92. The van der Waals surface area contributed by atoms with Crippen molar-refractivity contribution in [1.29, 1.82) is 0 Å². The number of piperidine rings is 1. The molecule has 1 aliphatic heterocycles. The maximum absolute atomic E-state index is 12.9. The fourth-order valence-electron chi connectivity index (χ4n) is 4.18. The number of aromatic nitrogens is 1. The van der Waals surface area contributed by atoms with E-state index < -0.39 is 0 Å². The Morgan fingerprint density at radius 1 is 1.06 bits per heavy atom. The SMILES string of the molecule is O=C(Nc1cccc(-c2cc3ccccc3[nH]2)c1)[C@@H]1CCCN(C(=O)c2ccoc2)C1. The lowest BCUT2D eigenvalue weighted by Gasteiger charge is -2.31. The summed E-state index contributed by atoms with van der Waals surface area (Å²) in [6.07, 6.45) is 4.50. The van der Waals surface area contributed by atoms with Crippen LogP contribution in [0.25, 0.3) is 22.2 Å². The van der Waals surface area contributed by atoms with E-state index in [1.54, 1.807) is 11.0 Å². The standard InChI is InChI=1S/C25H23N3O3/c29-24(19-7-4-11-28(15-19)25(30)20-10-12-31-16-20)26-21-8-3-6-17(13-21)23-14-18-5-1-2-9-22(18)27-23/h1-3,5-6,8-10,12-14,16,19,27H,4,7,11,15H2,(H,26,29)/t19-/m1/s1. The van der Waals surface area contributed by atoms with E-state index in [0.29, 0.717) is 18.7 Å². The quantitative estimate of drug-likeness (QED) is 0.498. The Kier molecular flexibility index (Phi) is 5.04. The molecule has 3 heterocycles. The van der Waals surface area contributed by atoms with Gasteiger partial charge in [-0.15, -0.1) is 0 Å². The van der Waals surface area contributed by atoms with Gasteiger partial charge in [0.1, 0.15) is 6.26 Å². The Hall–Kier alpha value is -3.80. The van der Waals surface area contributed by atoms with Crippen molar-refractivity contribution in [2.75, 3.05) is 18.4 Å². The number of amides is 2. The van der Waals surface area contributed by atoms with Crippen LogP contribution in [0.1, 0.15) is 23.2 Å². The second kappa shape index (κ2) is 8.14. The maximum Gasteiger partial charge on any atom is 0.257 e. The molecule has 2 aromatic carbocycles. The zero-order chi connectivity index (χ0) is 21.2. The van der Waals surface area contributed by atoms with Gasteiger partial charge in [0, 0.05) is 40.9 Å². The first-order valence-corrected chi connectivity index (χ1v) is 10.5. The first-order valence-electron chi connectivity index (χ1n) is 10.5. The Labute approximate surface area is 179 Å². The summed E-state index contributed by atoms with van der Waals surface area (Å²) in [6, 6.07) is 19.7. The molecule has 0 radical (unpaired) electrons. The zero-order valence-corrected chi connectivity index (χ0v) is 17.0. The molecule has 0 aliphatic carbocycles. The number of likely N-dealkylation sites (tertiary alicyclic amines) is 1. The molecule has 0 saturated carbocycles. The number of benzene rings is 2. The van der Waals surface area contributed by atoms with Crippen molar-refractivity contribution in [1.82, 2.24) is 9.88 Å². The summed E-state index contributed by atoms with van der Waals surface area (Å²) < 4.78 is 5.02. The van der Waals surface area contributed by atoms with Gasteiger partial charge in [-0.1, -0.05) is 30.3 Å². The van der Waals surface area contributed by atoms with E-state index in [0.717, 1.165) is 40.7 Å². The Balaban J connectivity index is 1.29. The lowest BCUT2D eigenvalue weighted by atomic mass is 9.96. The van der Waals surface area contributed by atoms with E-state index in [1.807, 2.05) is 42.5 Å². The molecule has 1 aliphatic rings. The molecule has 2 aromatic heterocycles. The van der Waals surface area contributed by atoms with E-state index >= 15 is 0 Å². The second-order valence-corrected chi connectivity index (χ2v) is 7.94. The number of anilines is 1. The van der Waals surface area contributed by atoms with Crippen LogP contribution in [0.2, 0.25) is 0 Å². The topological polar surface area (TPSA) is 78.3 Å². The fourth-order valence-corrected chi connectivity index (χ4v) is 4.18. The number of para-hydroxylation sites is 1. The Morgan fingerprint density at radius 2 is 1.97 bits per heavy atom. The van der Waals surface area contributed by atoms with E-state index in [1.165, 1.54) is 12.5 Å². The minimum atomic E-state index is -0.235. The molecule has 4 aromatic rings. The number of aromatic amines is 1. The van der Waals surface area contributed by atoms with E-state index in [9.17, 15) is 9.59 Å². The van der Waals surface area contributed by atoms with Gasteiger partial charge in [0.05, 0.1) is 17.7 Å². The van der Waals surface area contributed by atoms with Gasteiger partial charge >= 0.3 is 0 Å². The van der Waals surface area contributed by atoms with Gasteiger partial charge < -0.3 is 19.6 Å². The summed E-state index contributed by atoms with van der Waals surface area (Å²) in [5.41, 5.74) is 4.37. The van der Waals surface area contributed by atoms with Crippen LogP contribution in [0.3, 0.4) is 0 Å². The third kappa shape index (κ3) is 3.97. The number of carbonyl (C=O) groups excluding carboxylic acids is 2. The number of nitrogens with zero attached hydrogens (tertiary/aromatic N) is 1. The number of nitrogens with one attached hydrogen (secondary N) is 2. The first kappa shape index (κ1) is 19.2. The average Bonchev–Trinajstić information content (AvgIpc) is 3.49. The summed E-state index contributed by atoms with van der Waals surface area (Å²) in [7, 11) is 0. The van der Waals surface area contributed by atoms with Crippen LogP contribution in [0, 0.1) is 5.92 Å². The van der Waals surface area contributed by atoms with E-state index in [4.69, 9.17) is 4.42 Å². The van der Waals surface area contributed by atoms with Crippen LogP contribution >= 0.6 is 0 Å². The predicted molar refractivity (Wildman–Crippen MR) is 120 cm³/mol. The third-order valence-electron chi connectivity index (χ3n) is 5.82. The molecule has 31 heavy (non-hydrogen) atoms. The molecule has 1 saturated heterocycles. The third-order valence-corrected chi connectivity index (χ3v) is 5.82. The summed E-state index contributed by atoms with van der Waals surface area (Å²) in [4.78, 5) is 30.7. The molecule has 0 spiro atoms. The molecule has 0 bridgehead atoms. The maximum atomic E-state index is 12.9. The van der Waals surface area contributed by atoms with Crippen molar-refractivity contribution in [2.45, 2.75) is 12.8 Å². The van der Waals surface area contributed by atoms with Crippen LogP contribution in [-0.2, 0) is 4.79 Å². The van der Waals surface area contributed by atoms with Gasteiger partial charge in [-0.2, -0.15) is 0 Å². The van der Waals surface area contributed by atoms with Crippen LogP contribution < -0.4 is 5.32 Å². The fraction of sp³-hybridized carbons (Fsp3) is 0.200. The van der Waals surface area contributed by atoms with Gasteiger partial charge in [-0.3, -0.25) is 9.59 Å². The molecule has 0 unspecified atom stereocenters. The van der Waals surface area contributed by atoms with Crippen LogP contribution in [0.4, 0.5) is 5.69 Å². The summed E-state index contributed by atoms with van der Waals surface area (Å²) in [6.45, 7) is 1.07. The first-order chi connectivity index (χ1) is 15.2. The van der Waals surface area contributed by atoms with E-state index in [-0.39, 0.29) is 17.7 Å². The summed E-state index contributed by atoms with van der Waals surface area (Å²) in [5.74, 6) is -0.383. The Morgan fingerprint density at radius 3 is 2.81 bits per heavy atom. The molecular formula is C25H23N3O3. The lowest BCUT2D eigenvalue weighted by Crippen LogP contribution is -2.43. The van der Waals surface area contributed by atoms with Crippen molar-refractivity contribution in [3.63, 3.8) is 0 Å². The largest absolute Gasteiger partial charge is 0.472 e.